The van der Waals surface area contributed by atoms with Crippen LogP contribution in [-0.4, -0.2) is 35.1 Å². The van der Waals surface area contributed by atoms with Gasteiger partial charge in [-0.3, -0.25) is 9.88 Å². The van der Waals surface area contributed by atoms with Crippen molar-refractivity contribution in [3.8, 4) is 0 Å². The molecule has 1 aromatic rings. The summed E-state index contributed by atoms with van der Waals surface area (Å²) in [6.07, 6.45) is 7.62. The Morgan fingerprint density at radius 2 is 2.11 bits per heavy atom. The molecule has 3 nitrogen and oxygen atoms in total. The molecule has 100 valence electrons. The van der Waals surface area contributed by atoms with Gasteiger partial charge in [0.1, 0.15) is 0 Å². The lowest BCUT2D eigenvalue weighted by Crippen LogP contribution is -2.49. The highest BCUT2D eigenvalue weighted by molar-refractivity contribution is 5.09. The molecule has 1 saturated heterocycles. The molecule has 1 atom stereocenters. The highest BCUT2D eigenvalue weighted by Gasteiger charge is 2.32. The summed E-state index contributed by atoms with van der Waals surface area (Å²) in [6.45, 7) is 9.02. The Morgan fingerprint density at radius 3 is 2.67 bits per heavy atom. The predicted molar refractivity (Wildman–Crippen MR) is 75.4 cm³/mol. The van der Waals surface area contributed by atoms with Crippen LogP contribution in [0.1, 0.15) is 38.7 Å². The van der Waals surface area contributed by atoms with Gasteiger partial charge >= 0.3 is 0 Å². The first-order valence-corrected chi connectivity index (χ1v) is 7.14. The molecule has 18 heavy (non-hydrogen) atoms. The SMILES string of the molecule is CCN(Cc1ccncc1)CC1(CC)CCCN1. The van der Waals surface area contributed by atoms with E-state index in [9.17, 15) is 0 Å². The second-order valence-corrected chi connectivity index (χ2v) is 5.32. The van der Waals surface area contributed by atoms with Crippen molar-refractivity contribution in [3.63, 3.8) is 0 Å². The molecule has 0 aliphatic carbocycles. The summed E-state index contributed by atoms with van der Waals surface area (Å²) in [6, 6.07) is 4.23. The van der Waals surface area contributed by atoms with Crippen molar-refractivity contribution < 1.29 is 0 Å². The minimum atomic E-state index is 0.350. The lowest BCUT2D eigenvalue weighted by atomic mass is 9.93. The van der Waals surface area contributed by atoms with Crippen LogP contribution in [0.5, 0.6) is 0 Å². The van der Waals surface area contributed by atoms with Gasteiger partial charge in [0.25, 0.3) is 0 Å². The highest BCUT2D eigenvalue weighted by Crippen LogP contribution is 2.24. The first kappa shape index (κ1) is 13.5. The van der Waals surface area contributed by atoms with Gasteiger partial charge in [-0.25, -0.2) is 0 Å². The Labute approximate surface area is 111 Å². The fourth-order valence-electron chi connectivity index (χ4n) is 2.87. The van der Waals surface area contributed by atoms with Crippen LogP contribution in [0.4, 0.5) is 0 Å². The minimum absolute atomic E-state index is 0.350. The van der Waals surface area contributed by atoms with Gasteiger partial charge in [0.15, 0.2) is 0 Å². The Hall–Kier alpha value is -0.930. The quantitative estimate of drug-likeness (QED) is 0.837. The number of pyridine rings is 1. The lowest BCUT2D eigenvalue weighted by molar-refractivity contribution is 0.188. The van der Waals surface area contributed by atoms with Crippen LogP contribution < -0.4 is 5.32 Å². The van der Waals surface area contributed by atoms with Crippen molar-refractivity contribution in [1.29, 1.82) is 0 Å². The third kappa shape index (κ3) is 3.30. The van der Waals surface area contributed by atoms with E-state index in [1.54, 1.807) is 0 Å². The first-order valence-electron chi connectivity index (χ1n) is 7.14. The molecular weight excluding hydrogens is 222 g/mol. The summed E-state index contributed by atoms with van der Waals surface area (Å²) in [5.74, 6) is 0. The van der Waals surface area contributed by atoms with Gasteiger partial charge in [-0.15, -0.1) is 0 Å². The number of aromatic nitrogens is 1. The zero-order chi connectivity index (χ0) is 12.8. The van der Waals surface area contributed by atoms with Crippen LogP contribution in [0.15, 0.2) is 24.5 Å². The highest BCUT2D eigenvalue weighted by atomic mass is 15.2. The number of nitrogens with one attached hydrogen (secondary N) is 1. The van der Waals surface area contributed by atoms with Gasteiger partial charge in [0.05, 0.1) is 0 Å². The summed E-state index contributed by atoms with van der Waals surface area (Å²) in [5, 5.41) is 3.72. The molecule has 2 heterocycles. The van der Waals surface area contributed by atoms with E-state index in [0.29, 0.717) is 5.54 Å². The largest absolute Gasteiger partial charge is 0.310 e. The molecule has 0 saturated carbocycles. The number of hydrogen-bond donors (Lipinski definition) is 1. The van der Waals surface area contributed by atoms with Gasteiger partial charge in [0.2, 0.25) is 0 Å². The molecule has 0 spiro atoms. The van der Waals surface area contributed by atoms with E-state index in [2.05, 4.69) is 41.2 Å². The average molecular weight is 247 g/mol. The van der Waals surface area contributed by atoms with E-state index in [4.69, 9.17) is 0 Å². The fourth-order valence-corrected chi connectivity index (χ4v) is 2.87. The molecule has 2 rings (SSSR count). The normalized spacial score (nSPS) is 23.7. The topological polar surface area (TPSA) is 28.2 Å². The van der Waals surface area contributed by atoms with E-state index >= 15 is 0 Å². The van der Waals surface area contributed by atoms with E-state index in [-0.39, 0.29) is 0 Å². The second-order valence-electron chi connectivity index (χ2n) is 5.32. The van der Waals surface area contributed by atoms with E-state index in [1.807, 2.05) is 12.4 Å². The molecule has 1 aliphatic rings. The van der Waals surface area contributed by atoms with E-state index in [1.165, 1.54) is 31.4 Å². The van der Waals surface area contributed by atoms with Crippen LogP contribution >= 0.6 is 0 Å². The number of hydrogen-bond acceptors (Lipinski definition) is 3. The Morgan fingerprint density at radius 1 is 1.33 bits per heavy atom. The molecule has 0 radical (unpaired) electrons. The fraction of sp³-hybridized carbons (Fsp3) is 0.667. The maximum absolute atomic E-state index is 4.08. The van der Waals surface area contributed by atoms with Crippen molar-refractivity contribution in [1.82, 2.24) is 15.2 Å². The van der Waals surface area contributed by atoms with Gasteiger partial charge in [-0.05, 0) is 50.0 Å². The van der Waals surface area contributed by atoms with Gasteiger partial charge in [0, 0.05) is 31.0 Å². The number of rotatable bonds is 6. The van der Waals surface area contributed by atoms with Crippen LogP contribution in [-0.2, 0) is 6.54 Å². The summed E-state index contributed by atoms with van der Waals surface area (Å²) >= 11 is 0. The summed E-state index contributed by atoms with van der Waals surface area (Å²) in [5.41, 5.74) is 1.71. The minimum Gasteiger partial charge on any atom is -0.310 e. The van der Waals surface area contributed by atoms with Crippen molar-refractivity contribution in [2.45, 2.75) is 45.2 Å². The third-order valence-corrected chi connectivity index (χ3v) is 4.14. The molecule has 1 fully saturated rings. The molecule has 3 heteroatoms. The van der Waals surface area contributed by atoms with E-state index < -0.39 is 0 Å². The molecule has 1 unspecified atom stereocenters. The maximum Gasteiger partial charge on any atom is 0.0306 e. The van der Waals surface area contributed by atoms with Crippen molar-refractivity contribution >= 4 is 0 Å². The Kier molecular flexibility index (Phi) is 4.72. The van der Waals surface area contributed by atoms with Gasteiger partial charge < -0.3 is 5.32 Å². The predicted octanol–water partition coefficient (Wildman–Crippen LogP) is 2.44. The molecule has 1 aromatic heterocycles. The van der Waals surface area contributed by atoms with Crippen LogP contribution in [0.3, 0.4) is 0 Å². The summed E-state index contributed by atoms with van der Waals surface area (Å²) < 4.78 is 0. The lowest BCUT2D eigenvalue weighted by Gasteiger charge is -2.34. The molecule has 1 N–H and O–H groups in total. The number of likely N-dealkylation sites (N-methyl/N-ethyl adjacent to an activating group) is 1. The molecule has 0 amide bonds. The zero-order valence-corrected chi connectivity index (χ0v) is 11.7. The standard InChI is InChI=1S/C15H25N3/c1-3-15(8-5-9-17-15)13-18(4-2)12-14-6-10-16-11-7-14/h6-7,10-11,17H,3-5,8-9,12-13H2,1-2H3. The monoisotopic (exact) mass is 247 g/mol. The van der Waals surface area contributed by atoms with Gasteiger partial charge in [-0.1, -0.05) is 13.8 Å². The maximum atomic E-state index is 4.08. The molecule has 1 aliphatic heterocycles. The molecular formula is C15H25N3. The Balaban J connectivity index is 1.96. The van der Waals surface area contributed by atoms with Gasteiger partial charge in [-0.2, -0.15) is 0 Å². The smallest absolute Gasteiger partial charge is 0.0306 e. The van der Waals surface area contributed by atoms with Crippen LogP contribution in [0.25, 0.3) is 0 Å². The third-order valence-electron chi connectivity index (χ3n) is 4.14. The molecule has 0 aromatic carbocycles. The van der Waals surface area contributed by atoms with Crippen LogP contribution in [0, 0.1) is 0 Å². The molecule has 0 bridgehead atoms. The average Bonchev–Trinajstić information content (AvgIpc) is 2.88. The van der Waals surface area contributed by atoms with Crippen LogP contribution in [0.2, 0.25) is 0 Å². The summed E-state index contributed by atoms with van der Waals surface area (Å²) in [4.78, 5) is 6.62. The van der Waals surface area contributed by atoms with Crippen molar-refractivity contribution in [2.24, 2.45) is 0 Å². The van der Waals surface area contributed by atoms with E-state index in [0.717, 1.165) is 19.6 Å². The second kappa shape index (κ2) is 6.30. The number of nitrogens with zero attached hydrogens (tertiary/aromatic N) is 2. The Bertz CT molecular complexity index is 344. The zero-order valence-electron chi connectivity index (χ0n) is 11.7. The van der Waals surface area contributed by atoms with Crippen molar-refractivity contribution in [3.05, 3.63) is 30.1 Å². The van der Waals surface area contributed by atoms with Crippen molar-refractivity contribution in [2.75, 3.05) is 19.6 Å². The first-order chi connectivity index (χ1) is 8.78. The summed E-state index contributed by atoms with van der Waals surface area (Å²) in [7, 11) is 0.